The van der Waals surface area contributed by atoms with Crippen molar-refractivity contribution in [2.75, 3.05) is 6.61 Å². The molecule has 6 nitrogen and oxygen atoms in total. The molecule has 0 fully saturated rings. The highest BCUT2D eigenvalue weighted by molar-refractivity contribution is 7.15. The Balaban J connectivity index is 1.73. The lowest BCUT2D eigenvalue weighted by Crippen LogP contribution is -2.23. The van der Waals surface area contributed by atoms with Gasteiger partial charge < -0.3 is 9.15 Å². The highest BCUT2D eigenvalue weighted by Crippen LogP contribution is 2.20. The van der Waals surface area contributed by atoms with Crippen molar-refractivity contribution in [3.05, 3.63) is 63.3 Å². The summed E-state index contributed by atoms with van der Waals surface area (Å²) < 4.78 is 12.5. The molecule has 120 valence electrons. The summed E-state index contributed by atoms with van der Waals surface area (Å²) in [7, 11) is 0. The third-order valence-corrected chi connectivity index (χ3v) is 4.38. The second-order valence-electron chi connectivity index (χ2n) is 5.02. The van der Waals surface area contributed by atoms with Crippen molar-refractivity contribution in [1.82, 2.24) is 14.6 Å². The van der Waals surface area contributed by atoms with E-state index in [2.05, 4.69) is 10.1 Å². The third-order valence-electron chi connectivity index (χ3n) is 3.42. The third kappa shape index (κ3) is 2.59. The van der Waals surface area contributed by atoms with Crippen molar-refractivity contribution in [1.29, 1.82) is 0 Å². The molecule has 4 aromatic rings. The van der Waals surface area contributed by atoms with Crippen LogP contribution >= 0.6 is 11.3 Å². The van der Waals surface area contributed by atoms with Gasteiger partial charge in [-0.1, -0.05) is 11.3 Å². The molecule has 3 aromatic heterocycles. The molecule has 24 heavy (non-hydrogen) atoms. The second kappa shape index (κ2) is 5.93. The molecule has 0 aliphatic heterocycles. The first kappa shape index (κ1) is 14.6. The Hall–Kier alpha value is -2.93. The first-order chi connectivity index (χ1) is 11.7. The number of furan rings is 1. The highest BCUT2D eigenvalue weighted by Gasteiger charge is 2.12. The van der Waals surface area contributed by atoms with Gasteiger partial charge in [0.25, 0.3) is 5.56 Å². The van der Waals surface area contributed by atoms with Crippen LogP contribution in [-0.4, -0.2) is 21.2 Å². The van der Waals surface area contributed by atoms with Crippen molar-refractivity contribution in [3.63, 3.8) is 0 Å². The predicted octanol–water partition coefficient (Wildman–Crippen LogP) is 2.36. The molecule has 7 heteroatoms. The van der Waals surface area contributed by atoms with Crippen LogP contribution in [0.5, 0.6) is 5.75 Å². The summed E-state index contributed by atoms with van der Waals surface area (Å²) in [4.78, 5) is 17.4. The van der Waals surface area contributed by atoms with Gasteiger partial charge in [0.1, 0.15) is 16.0 Å². The summed E-state index contributed by atoms with van der Waals surface area (Å²) in [6.07, 6.45) is 3.26. The van der Waals surface area contributed by atoms with Crippen molar-refractivity contribution in [2.24, 2.45) is 0 Å². The molecule has 0 bridgehead atoms. The normalized spacial score (nSPS) is 12.1. The zero-order valence-corrected chi connectivity index (χ0v) is 13.6. The molecule has 0 spiro atoms. The molecular formula is C17H13N3O3S. The summed E-state index contributed by atoms with van der Waals surface area (Å²) in [6, 6.07) is 11.1. The molecule has 0 saturated carbocycles. The molecule has 0 amide bonds. The van der Waals surface area contributed by atoms with Gasteiger partial charge in [-0.15, -0.1) is 5.10 Å². The van der Waals surface area contributed by atoms with Crippen LogP contribution < -0.4 is 14.8 Å². The number of benzene rings is 1. The molecule has 0 unspecified atom stereocenters. The maximum atomic E-state index is 12.4. The summed E-state index contributed by atoms with van der Waals surface area (Å²) in [6.45, 7) is 2.55. The topological polar surface area (TPSA) is 69.6 Å². The van der Waals surface area contributed by atoms with Crippen LogP contribution in [0.4, 0.5) is 0 Å². The molecule has 3 heterocycles. The van der Waals surface area contributed by atoms with Crippen LogP contribution in [0.25, 0.3) is 22.4 Å². The number of aromatic nitrogens is 3. The molecule has 0 N–H and O–H groups in total. The van der Waals surface area contributed by atoms with Crippen LogP contribution in [0.2, 0.25) is 0 Å². The quantitative estimate of drug-likeness (QED) is 0.571. The fourth-order valence-corrected chi connectivity index (χ4v) is 3.21. The minimum absolute atomic E-state index is 0.198. The Morgan fingerprint density at radius 3 is 2.79 bits per heavy atom. The fourth-order valence-electron chi connectivity index (χ4n) is 2.33. The Labute approximate surface area is 140 Å². The standard InChI is InChI=1S/C17H13N3O3S/c1-2-22-12-7-5-11(6-8-12)15-18-17-20(19-15)16(21)14(24-17)10-13-4-3-9-23-13/h3-10H,2H2,1H3. The molecule has 0 aliphatic rings. The van der Waals surface area contributed by atoms with Gasteiger partial charge in [0.15, 0.2) is 5.82 Å². The smallest absolute Gasteiger partial charge is 0.291 e. The maximum Gasteiger partial charge on any atom is 0.291 e. The Morgan fingerprint density at radius 2 is 2.12 bits per heavy atom. The largest absolute Gasteiger partial charge is 0.494 e. The minimum atomic E-state index is -0.198. The monoisotopic (exact) mass is 339 g/mol. The fraction of sp³-hybridized carbons (Fsp3) is 0.118. The number of ether oxygens (including phenoxy) is 1. The molecule has 0 saturated heterocycles. The minimum Gasteiger partial charge on any atom is -0.494 e. The lowest BCUT2D eigenvalue weighted by Gasteiger charge is -2.02. The number of hydrogen-bond acceptors (Lipinski definition) is 6. The summed E-state index contributed by atoms with van der Waals surface area (Å²) in [5.41, 5.74) is 0.640. The van der Waals surface area contributed by atoms with Gasteiger partial charge in [0, 0.05) is 11.6 Å². The van der Waals surface area contributed by atoms with E-state index in [-0.39, 0.29) is 5.56 Å². The number of thiazole rings is 1. The molecule has 0 radical (unpaired) electrons. The Kier molecular flexibility index (Phi) is 3.62. The van der Waals surface area contributed by atoms with E-state index < -0.39 is 0 Å². The second-order valence-corrected chi connectivity index (χ2v) is 6.03. The van der Waals surface area contributed by atoms with E-state index >= 15 is 0 Å². The number of fused-ring (bicyclic) bond motifs is 1. The van der Waals surface area contributed by atoms with Crippen molar-refractivity contribution >= 4 is 22.4 Å². The van der Waals surface area contributed by atoms with E-state index in [0.29, 0.717) is 27.7 Å². The first-order valence-electron chi connectivity index (χ1n) is 7.42. The summed E-state index contributed by atoms with van der Waals surface area (Å²) in [5, 5.41) is 4.32. The average Bonchev–Trinajstić information content (AvgIpc) is 3.29. The number of nitrogens with zero attached hydrogens (tertiary/aromatic N) is 3. The molecule has 0 aliphatic carbocycles. The SMILES string of the molecule is CCOc1ccc(-c2nc3sc(=Cc4ccco4)c(=O)n3n2)cc1. The van der Waals surface area contributed by atoms with Crippen LogP contribution in [0.15, 0.2) is 51.9 Å². The van der Waals surface area contributed by atoms with Crippen molar-refractivity contribution < 1.29 is 9.15 Å². The molecular weight excluding hydrogens is 326 g/mol. The van der Waals surface area contributed by atoms with E-state index in [1.807, 2.05) is 31.2 Å². The van der Waals surface area contributed by atoms with E-state index in [1.165, 1.54) is 15.9 Å². The Morgan fingerprint density at radius 1 is 1.29 bits per heavy atom. The maximum absolute atomic E-state index is 12.4. The van der Waals surface area contributed by atoms with Crippen LogP contribution in [0, 0.1) is 0 Å². The van der Waals surface area contributed by atoms with Crippen LogP contribution in [-0.2, 0) is 0 Å². The van der Waals surface area contributed by atoms with E-state index in [4.69, 9.17) is 9.15 Å². The van der Waals surface area contributed by atoms with Gasteiger partial charge in [-0.25, -0.2) is 0 Å². The first-order valence-corrected chi connectivity index (χ1v) is 8.24. The van der Waals surface area contributed by atoms with Gasteiger partial charge in [0.2, 0.25) is 4.96 Å². The lowest BCUT2D eigenvalue weighted by molar-refractivity contribution is 0.340. The van der Waals surface area contributed by atoms with Gasteiger partial charge >= 0.3 is 0 Å². The highest BCUT2D eigenvalue weighted by atomic mass is 32.1. The van der Waals surface area contributed by atoms with E-state index in [0.717, 1.165) is 11.3 Å². The van der Waals surface area contributed by atoms with Gasteiger partial charge in [-0.05, 0) is 43.3 Å². The van der Waals surface area contributed by atoms with Gasteiger partial charge in [-0.2, -0.15) is 9.50 Å². The summed E-state index contributed by atoms with van der Waals surface area (Å²) in [5.74, 6) is 1.94. The van der Waals surface area contributed by atoms with Gasteiger partial charge in [-0.3, -0.25) is 4.79 Å². The van der Waals surface area contributed by atoms with Crippen LogP contribution in [0.1, 0.15) is 12.7 Å². The van der Waals surface area contributed by atoms with E-state index in [1.54, 1.807) is 24.5 Å². The lowest BCUT2D eigenvalue weighted by atomic mass is 10.2. The zero-order chi connectivity index (χ0) is 16.5. The van der Waals surface area contributed by atoms with Crippen LogP contribution in [0.3, 0.4) is 0 Å². The van der Waals surface area contributed by atoms with Crippen molar-refractivity contribution in [3.8, 4) is 17.1 Å². The molecule has 1 aromatic carbocycles. The summed E-state index contributed by atoms with van der Waals surface area (Å²) >= 11 is 1.29. The predicted molar refractivity (Wildman–Crippen MR) is 91.2 cm³/mol. The van der Waals surface area contributed by atoms with Gasteiger partial charge in [0.05, 0.1) is 12.9 Å². The molecule has 0 atom stereocenters. The average molecular weight is 339 g/mol. The number of rotatable bonds is 4. The zero-order valence-electron chi connectivity index (χ0n) is 12.8. The molecule has 4 rings (SSSR count). The number of hydrogen-bond donors (Lipinski definition) is 0. The Bertz CT molecular complexity index is 1080. The van der Waals surface area contributed by atoms with E-state index in [9.17, 15) is 4.79 Å². The van der Waals surface area contributed by atoms with Crippen molar-refractivity contribution in [2.45, 2.75) is 6.92 Å².